The molecular formula is C12H16FN5. The first-order valence-corrected chi connectivity index (χ1v) is 5.68. The van der Waals surface area contributed by atoms with Crippen LogP contribution >= 0.6 is 0 Å². The molecule has 2 rings (SSSR count). The number of aromatic nitrogens is 4. The lowest BCUT2D eigenvalue weighted by molar-refractivity contribution is 0.323. The summed E-state index contributed by atoms with van der Waals surface area (Å²) in [4.78, 5) is 0. The Hall–Kier alpha value is -1.98. The number of rotatable bonds is 2. The number of hydrogen-bond donors (Lipinski definition) is 1. The number of hydrogen-bond acceptors (Lipinski definition) is 4. The van der Waals surface area contributed by atoms with Crippen LogP contribution in [-0.2, 0) is 6.54 Å². The van der Waals surface area contributed by atoms with Gasteiger partial charge in [0, 0.05) is 17.8 Å². The van der Waals surface area contributed by atoms with Crippen molar-refractivity contribution in [3.63, 3.8) is 0 Å². The van der Waals surface area contributed by atoms with Crippen molar-refractivity contribution >= 4 is 5.69 Å². The van der Waals surface area contributed by atoms with E-state index in [1.807, 2.05) is 0 Å². The average Bonchev–Trinajstić information content (AvgIpc) is 2.67. The fraction of sp³-hybridized carbons (Fsp3) is 0.417. The molecule has 0 saturated heterocycles. The zero-order chi connectivity index (χ0) is 13.3. The largest absolute Gasteiger partial charge is 0.398 e. The molecule has 0 fully saturated rings. The predicted molar refractivity (Wildman–Crippen MR) is 67.1 cm³/mol. The first kappa shape index (κ1) is 12.5. The summed E-state index contributed by atoms with van der Waals surface area (Å²) in [7, 11) is 0. The average molecular weight is 249 g/mol. The summed E-state index contributed by atoms with van der Waals surface area (Å²) in [6, 6.07) is 4.18. The van der Waals surface area contributed by atoms with Gasteiger partial charge in [-0.15, -0.1) is 5.10 Å². The minimum atomic E-state index is -0.357. The minimum absolute atomic E-state index is 0.0201. The van der Waals surface area contributed by atoms with Gasteiger partial charge in [-0.1, -0.05) is 20.8 Å². The van der Waals surface area contributed by atoms with E-state index < -0.39 is 0 Å². The van der Waals surface area contributed by atoms with Crippen molar-refractivity contribution in [1.29, 1.82) is 0 Å². The third-order valence-corrected chi connectivity index (χ3v) is 2.41. The molecule has 0 aliphatic heterocycles. The number of benzene rings is 1. The SMILES string of the molecule is CC(C)(C)Cn1nnnc1-c1cc(F)ccc1N. The highest BCUT2D eigenvalue weighted by atomic mass is 19.1. The minimum Gasteiger partial charge on any atom is -0.398 e. The molecule has 1 heterocycles. The highest BCUT2D eigenvalue weighted by Gasteiger charge is 2.18. The molecule has 1 aromatic carbocycles. The lowest BCUT2D eigenvalue weighted by Gasteiger charge is -2.18. The molecule has 0 saturated carbocycles. The standard InChI is InChI=1S/C12H16FN5/c1-12(2,3)7-18-11(15-16-17-18)9-6-8(13)4-5-10(9)14/h4-6H,7,14H2,1-3H3. The van der Waals surface area contributed by atoms with E-state index in [2.05, 4.69) is 36.3 Å². The van der Waals surface area contributed by atoms with Crippen LogP contribution in [0.1, 0.15) is 20.8 Å². The Bertz CT molecular complexity index is 556. The fourth-order valence-electron chi connectivity index (χ4n) is 1.68. The normalized spacial score (nSPS) is 11.8. The van der Waals surface area contributed by atoms with E-state index in [1.54, 1.807) is 4.68 Å². The zero-order valence-corrected chi connectivity index (χ0v) is 10.7. The van der Waals surface area contributed by atoms with E-state index in [1.165, 1.54) is 18.2 Å². The van der Waals surface area contributed by atoms with Gasteiger partial charge >= 0.3 is 0 Å². The van der Waals surface area contributed by atoms with Gasteiger partial charge in [0.2, 0.25) is 0 Å². The Balaban J connectivity index is 2.45. The van der Waals surface area contributed by atoms with Crippen molar-refractivity contribution in [2.75, 3.05) is 5.73 Å². The Morgan fingerprint density at radius 3 is 2.72 bits per heavy atom. The van der Waals surface area contributed by atoms with Crippen LogP contribution in [0.4, 0.5) is 10.1 Å². The highest BCUT2D eigenvalue weighted by Crippen LogP contribution is 2.26. The Morgan fingerprint density at radius 2 is 2.06 bits per heavy atom. The predicted octanol–water partition coefficient (Wildman–Crippen LogP) is 2.11. The number of halogens is 1. The molecule has 0 aliphatic rings. The molecule has 0 aliphatic carbocycles. The van der Waals surface area contributed by atoms with Gasteiger partial charge in [0.15, 0.2) is 5.82 Å². The second kappa shape index (κ2) is 4.36. The Kier molecular flexibility index (Phi) is 3.02. The van der Waals surface area contributed by atoms with Crippen molar-refractivity contribution in [2.24, 2.45) is 5.41 Å². The molecule has 5 nitrogen and oxygen atoms in total. The second-order valence-electron chi connectivity index (χ2n) is 5.45. The van der Waals surface area contributed by atoms with Crippen LogP contribution in [0.15, 0.2) is 18.2 Å². The van der Waals surface area contributed by atoms with E-state index in [4.69, 9.17) is 5.73 Å². The molecule has 18 heavy (non-hydrogen) atoms. The van der Waals surface area contributed by atoms with Gasteiger partial charge in [0.25, 0.3) is 0 Å². The summed E-state index contributed by atoms with van der Waals surface area (Å²) < 4.78 is 14.9. The van der Waals surface area contributed by atoms with Gasteiger partial charge in [0.05, 0.1) is 0 Å². The van der Waals surface area contributed by atoms with Crippen molar-refractivity contribution in [3.05, 3.63) is 24.0 Å². The second-order valence-corrected chi connectivity index (χ2v) is 5.45. The van der Waals surface area contributed by atoms with Crippen molar-refractivity contribution in [1.82, 2.24) is 20.2 Å². The van der Waals surface area contributed by atoms with Gasteiger partial charge < -0.3 is 5.73 Å². The van der Waals surface area contributed by atoms with Crippen LogP contribution in [0, 0.1) is 11.2 Å². The van der Waals surface area contributed by atoms with Crippen LogP contribution in [0.2, 0.25) is 0 Å². The number of nitrogen functional groups attached to an aromatic ring is 1. The summed E-state index contributed by atoms with van der Waals surface area (Å²) in [5.41, 5.74) is 6.84. The van der Waals surface area contributed by atoms with Crippen LogP contribution in [0.25, 0.3) is 11.4 Å². The van der Waals surface area contributed by atoms with Gasteiger partial charge in [-0.3, -0.25) is 0 Å². The first-order chi connectivity index (χ1) is 8.37. The molecule has 1 aromatic heterocycles. The van der Waals surface area contributed by atoms with Crippen LogP contribution in [-0.4, -0.2) is 20.2 Å². The van der Waals surface area contributed by atoms with Crippen molar-refractivity contribution in [2.45, 2.75) is 27.3 Å². The molecule has 2 aromatic rings. The number of nitrogens with two attached hydrogens (primary N) is 1. The summed E-state index contributed by atoms with van der Waals surface area (Å²) >= 11 is 0. The first-order valence-electron chi connectivity index (χ1n) is 5.68. The molecule has 0 radical (unpaired) electrons. The van der Waals surface area contributed by atoms with E-state index in [9.17, 15) is 4.39 Å². The highest BCUT2D eigenvalue weighted by molar-refractivity contribution is 5.71. The van der Waals surface area contributed by atoms with Gasteiger partial charge in [0.1, 0.15) is 5.82 Å². The molecule has 0 atom stereocenters. The third kappa shape index (κ3) is 2.64. The quantitative estimate of drug-likeness (QED) is 0.827. The molecule has 96 valence electrons. The lowest BCUT2D eigenvalue weighted by Crippen LogP contribution is -2.17. The third-order valence-electron chi connectivity index (χ3n) is 2.41. The molecule has 0 unspecified atom stereocenters. The van der Waals surface area contributed by atoms with E-state index in [0.717, 1.165) is 0 Å². The van der Waals surface area contributed by atoms with Crippen LogP contribution in [0.3, 0.4) is 0 Å². The van der Waals surface area contributed by atoms with Gasteiger partial charge in [-0.2, -0.15) is 0 Å². The monoisotopic (exact) mass is 249 g/mol. The molecule has 6 heteroatoms. The van der Waals surface area contributed by atoms with Gasteiger partial charge in [-0.05, 0) is 34.0 Å². The molecule has 0 amide bonds. The van der Waals surface area contributed by atoms with Crippen molar-refractivity contribution in [3.8, 4) is 11.4 Å². The summed E-state index contributed by atoms with van der Waals surface area (Å²) in [5, 5.41) is 11.5. The zero-order valence-electron chi connectivity index (χ0n) is 10.7. The van der Waals surface area contributed by atoms with E-state index >= 15 is 0 Å². The Labute approximate surface area is 105 Å². The van der Waals surface area contributed by atoms with E-state index in [0.29, 0.717) is 23.6 Å². The van der Waals surface area contributed by atoms with Crippen LogP contribution < -0.4 is 5.73 Å². The topological polar surface area (TPSA) is 69.6 Å². The smallest absolute Gasteiger partial charge is 0.184 e. The Morgan fingerprint density at radius 1 is 1.33 bits per heavy atom. The fourth-order valence-corrected chi connectivity index (χ4v) is 1.68. The number of nitrogens with zero attached hydrogens (tertiary/aromatic N) is 4. The van der Waals surface area contributed by atoms with E-state index in [-0.39, 0.29) is 11.2 Å². The summed E-state index contributed by atoms with van der Waals surface area (Å²) in [6.07, 6.45) is 0. The van der Waals surface area contributed by atoms with Crippen molar-refractivity contribution < 1.29 is 4.39 Å². The van der Waals surface area contributed by atoms with Crippen LogP contribution in [0.5, 0.6) is 0 Å². The number of anilines is 1. The molecule has 0 spiro atoms. The number of tetrazole rings is 1. The molecule has 0 bridgehead atoms. The molecular weight excluding hydrogens is 233 g/mol. The maximum absolute atomic E-state index is 13.3. The summed E-state index contributed by atoms with van der Waals surface area (Å²) in [5.74, 6) is 0.131. The maximum Gasteiger partial charge on any atom is 0.184 e. The lowest BCUT2D eigenvalue weighted by atomic mass is 9.97. The molecule has 2 N–H and O–H groups in total. The summed E-state index contributed by atoms with van der Waals surface area (Å²) in [6.45, 7) is 6.86. The van der Waals surface area contributed by atoms with Gasteiger partial charge in [-0.25, -0.2) is 9.07 Å². The maximum atomic E-state index is 13.3.